The van der Waals surface area contributed by atoms with Crippen LogP contribution in [0.5, 0.6) is 0 Å². The average Bonchev–Trinajstić information content (AvgIpc) is 2.55. The van der Waals surface area contributed by atoms with E-state index in [0.717, 1.165) is 0 Å². The molecule has 0 bridgehead atoms. The predicted molar refractivity (Wildman–Crippen MR) is 84.4 cm³/mol. The summed E-state index contributed by atoms with van der Waals surface area (Å²) in [6.07, 6.45) is -0.397. The Bertz CT molecular complexity index is 671. The zero-order valence-corrected chi connectivity index (χ0v) is 12.5. The first-order valence-corrected chi connectivity index (χ1v) is 7.06. The molecule has 2 unspecified atom stereocenters. The number of halogens is 1. The topological polar surface area (TPSA) is 78.4 Å². The van der Waals surface area contributed by atoms with Gasteiger partial charge in [0.25, 0.3) is 5.91 Å². The minimum Gasteiger partial charge on any atom is -0.386 e. The van der Waals surface area contributed by atoms with Crippen LogP contribution in [-0.4, -0.2) is 23.5 Å². The van der Waals surface area contributed by atoms with E-state index in [9.17, 15) is 19.1 Å². The molecule has 0 heterocycles. The van der Waals surface area contributed by atoms with Crippen molar-refractivity contribution in [3.63, 3.8) is 0 Å². The third-order valence-corrected chi connectivity index (χ3v) is 3.42. The molecular weight excluding hydrogens is 299 g/mol. The van der Waals surface area contributed by atoms with E-state index in [1.165, 1.54) is 24.3 Å². The van der Waals surface area contributed by atoms with Gasteiger partial charge in [0.15, 0.2) is 0 Å². The summed E-state index contributed by atoms with van der Waals surface area (Å²) >= 11 is 0. The molecule has 5 nitrogen and oxygen atoms in total. The van der Waals surface area contributed by atoms with Crippen molar-refractivity contribution < 1.29 is 19.1 Å². The van der Waals surface area contributed by atoms with Gasteiger partial charge in [-0.05, 0) is 48.9 Å². The Morgan fingerprint density at radius 1 is 1.13 bits per heavy atom. The highest BCUT2D eigenvalue weighted by Crippen LogP contribution is 2.18. The molecule has 2 rings (SSSR count). The maximum absolute atomic E-state index is 12.9. The first kappa shape index (κ1) is 16.6. The van der Waals surface area contributed by atoms with Gasteiger partial charge in [0, 0.05) is 11.3 Å². The van der Waals surface area contributed by atoms with E-state index in [1.807, 2.05) is 0 Å². The van der Waals surface area contributed by atoms with Crippen LogP contribution in [0, 0.1) is 5.82 Å². The Morgan fingerprint density at radius 3 is 2.30 bits per heavy atom. The van der Waals surface area contributed by atoms with Crippen LogP contribution in [0.3, 0.4) is 0 Å². The van der Waals surface area contributed by atoms with Gasteiger partial charge in [-0.25, -0.2) is 4.39 Å². The molecule has 3 N–H and O–H groups in total. The summed E-state index contributed by atoms with van der Waals surface area (Å²) < 4.78 is 12.9. The Balaban J connectivity index is 2.00. The van der Waals surface area contributed by atoms with Gasteiger partial charge >= 0.3 is 0 Å². The molecule has 6 heteroatoms. The van der Waals surface area contributed by atoms with Gasteiger partial charge in [0.05, 0.1) is 12.1 Å². The summed E-state index contributed by atoms with van der Waals surface area (Å²) in [5.74, 6) is -0.738. The Morgan fingerprint density at radius 2 is 1.74 bits per heavy atom. The third-order valence-electron chi connectivity index (χ3n) is 3.42. The van der Waals surface area contributed by atoms with Gasteiger partial charge in [-0.15, -0.1) is 0 Å². The van der Waals surface area contributed by atoms with E-state index >= 15 is 0 Å². The second-order valence-electron chi connectivity index (χ2n) is 5.10. The summed E-state index contributed by atoms with van der Waals surface area (Å²) in [5, 5.41) is 15.4. The van der Waals surface area contributed by atoms with Gasteiger partial charge in [-0.1, -0.05) is 12.1 Å². The SMILES string of the molecule is CC(NC(=O)c1ccc(NC=O)cc1)C(O)c1ccc(F)cc1. The lowest BCUT2D eigenvalue weighted by Gasteiger charge is -2.20. The first-order chi connectivity index (χ1) is 11.0. The summed E-state index contributed by atoms with van der Waals surface area (Å²) in [6.45, 7) is 1.66. The molecule has 2 aromatic carbocycles. The lowest BCUT2D eigenvalue weighted by atomic mass is 10.0. The molecular formula is C17H17FN2O3. The van der Waals surface area contributed by atoms with Gasteiger partial charge in [0.2, 0.25) is 6.41 Å². The number of amides is 2. The average molecular weight is 316 g/mol. The molecule has 0 aliphatic rings. The maximum Gasteiger partial charge on any atom is 0.251 e. The molecule has 0 aliphatic heterocycles. The highest BCUT2D eigenvalue weighted by atomic mass is 19.1. The summed E-state index contributed by atoms with van der Waals surface area (Å²) in [6, 6.07) is 11.2. The molecule has 2 amide bonds. The monoisotopic (exact) mass is 316 g/mol. The fraction of sp³-hybridized carbons (Fsp3) is 0.176. The second-order valence-corrected chi connectivity index (χ2v) is 5.10. The molecule has 0 saturated heterocycles. The lowest BCUT2D eigenvalue weighted by molar-refractivity contribution is -0.105. The second kappa shape index (κ2) is 7.51. The third kappa shape index (κ3) is 4.37. The minimum atomic E-state index is -0.949. The number of aliphatic hydroxyl groups excluding tert-OH is 1. The van der Waals surface area contributed by atoms with Crippen molar-refractivity contribution in [2.24, 2.45) is 0 Å². The van der Waals surface area contributed by atoms with Crippen LogP contribution in [0.1, 0.15) is 28.9 Å². The lowest BCUT2D eigenvalue weighted by Crippen LogP contribution is -2.37. The fourth-order valence-corrected chi connectivity index (χ4v) is 2.10. The first-order valence-electron chi connectivity index (χ1n) is 7.06. The van der Waals surface area contributed by atoms with Crippen LogP contribution < -0.4 is 10.6 Å². The van der Waals surface area contributed by atoms with Crippen molar-refractivity contribution in [2.45, 2.75) is 19.1 Å². The Labute approximate surface area is 133 Å². The zero-order chi connectivity index (χ0) is 16.8. The molecule has 2 aromatic rings. The highest BCUT2D eigenvalue weighted by Gasteiger charge is 2.19. The fourth-order valence-electron chi connectivity index (χ4n) is 2.10. The largest absolute Gasteiger partial charge is 0.386 e. The smallest absolute Gasteiger partial charge is 0.251 e. The molecule has 0 saturated carbocycles. The van der Waals surface area contributed by atoms with Crippen molar-refractivity contribution in [1.29, 1.82) is 0 Å². The molecule has 120 valence electrons. The van der Waals surface area contributed by atoms with Gasteiger partial charge < -0.3 is 15.7 Å². The summed E-state index contributed by atoms with van der Waals surface area (Å²) in [7, 11) is 0. The summed E-state index contributed by atoms with van der Waals surface area (Å²) in [5.41, 5.74) is 1.50. The minimum absolute atomic E-state index is 0.351. The predicted octanol–water partition coefficient (Wildman–Crippen LogP) is 2.25. The van der Waals surface area contributed by atoms with Crippen molar-refractivity contribution in [2.75, 3.05) is 5.32 Å². The quantitative estimate of drug-likeness (QED) is 0.715. The number of aliphatic hydroxyl groups is 1. The van der Waals surface area contributed by atoms with Crippen molar-refractivity contribution in [3.05, 3.63) is 65.5 Å². The van der Waals surface area contributed by atoms with E-state index in [4.69, 9.17) is 0 Å². The number of carbonyl (C=O) groups excluding carboxylic acids is 2. The standard InChI is InChI=1S/C17H17FN2O3/c1-11(16(22)12-2-6-14(18)7-3-12)20-17(23)13-4-8-15(9-5-13)19-10-21/h2-11,16,22H,1H3,(H,19,21)(H,20,23). The Kier molecular flexibility index (Phi) is 5.43. The molecule has 0 aliphatic carbocycles. The number of rotatable bonds is 6. The van der Waals surface area contributed by atoms with Gasteiger partial charge in [0.1, 0.15) is 5.82 Å². The van der Waals surface area contributed by atoms with E-state index in [0.29, 0.717) is 23.2 Å². The van der Waals surface area contributed by atoms with Crippen LogP contribution in [0.4, 0.5) is 10.1 Å². The van der Waals surface area contributed by atoms with Crippen LogP contribution in [0.25, 0.3) is 0 Å². The van der Waals surface area contributed by atoms with Crippen molar-refractivity contribution in [1.82, 2.24) is 5.32 Å². The maximum atomic E-state index is 12.9. The number of carbonyl (C=O) groups is 2. The number of hydrogen-bond donors (Lipinski definition) is 3. The van der Waals surface area contributed by atoms with E-state index in [2.05, 4.69) is 10.6 Å². The van der Waals surface area contributed by atoms with E-state index in [-0.39, 0.29) is 11.7 Å². The van der Waals surface area contributed by atoms with E-state index < -0.39 is 12.1 Å². The van der Waals surface area contributed by atoms with Gasteiger partial charge in [-0.3, -0.25) is 9.59 Å². The number of anilines is 1. The molecule has 0 fully saturated rings. The molecule has 23 heavy (non-hydrogen) atoms. The zero-order valence-electron chi connectivity index (χ0n) is 12.5. The number of nitrogens with one attached hydrogen (secondary N) is 2. The van der Waals surface area contributed by atoms with Crippen LogP contribution in [0.15, 0.2) is 48.5 Å². The van der Waals surface area contributed by atoms with Crippen LogP contribution in [0.2, 0.25) is 0 Å². The highest BCUT2D eigenvalue weighted by molar-refractivity contribution is 5.95. The van der Waals surface area contributed by atoms with Crippen molar-refractivity contribution in [3.8, 4) is 0 Å². The molecule has 0 spiro atoms. The summed E-state index contributed by atoms with van der Waals surface area (Å²) in [4.78, 5) is 22.5. The van der Waals surface area contributed by atoms with E-state index in [1.54, 1.807) is 31.2 Å². The van der Waals surface area contributed by atoms with Gasteiger partial charge in [-0.2, -0.15) is 0 Å². The number of benzene rings is 2. The van der Waals surface area contributed by atoms with Crippen molar-refractivity contribution >= 4 is 18.0 Å². The van der Waals surface area contributed by atoms with Crippen LogP contribution >= 0.6 is 0 Å². The molecule has 0 radical (unpaired) electrons. The normalized spacial score (nSPS) is 13.0. The Hall–Kier alpha value is -2.73. The molecule has 2 atom stereocenters. The number of hydrogen-bond acceptors (Lipinski definition) is 3. The molecule has 0 aromatic heterocycles. The van der Waals surface area contributed by atoms with Crippen LogP contribution in [-0.2, 0) is 4.79 Å².